The summed E-state index contributed by atoms with van der Waals surface area (Å²) in [6.07, 6.45) is -2.65. The minimum absolute atomic E-state index is 0.0803. The van der Waals surface area contributed by atoms with Crippen LogP contribution in [-0.2, 0) is 10.0 Å². The molecule has 0 spiro atoms. The molecule has 0 saturated carbocycles. The maximum atomic E-state index is 11.0. The third kappa shape index (κ3) is 3.51. The lowest BCUT2D eigenvalue weighted by Crippen LogP contribution is -2.18. The first-order chi connectivity index (χ1) is 7.86. The molecule has 0 bridgehead atoms. The highest BCUT2D eigenvalue weighted by Gasteiger charge is 2.18. The van der Waals surface area contributed by atoms with Crippen LogP contribution in [0.1, 0.15) is 18.1 Å². The molecular formula is C10H12N2O4S. The van der Waals surface area contributed by atoms with Gasteiger partial charge in [-0.25, -0.2) is 13.6 Å². The minimum Gasteiger partial charge on any atom is -0.389 e. The van der Waals surface area contributed by atoms with E-state index in [-0.39, 0.29) is 11.3 Å². The van der Waals surface area contributed by atoms with Crippen LogP contribution in [-0.4, -0.2) is 24.7 Å². The molecule has 6 nitrogen and oxygen atoms in total. The molecule has 1 aromatic carbocycles. The van der Waals surface area contributed by atoms with Crippen molar-refractivity contribution >= 4 is 10.0 Å². The van der Waals surface area contributed by atoms with E-state index in [0.717, 1.165) is 0 Å². The number of aliphatic hydroxyl groups is 2. The second-order valence-electron chi connectivity index (χ2n) is 3.49. The van der Waals surface area contributed by atoms with Gasteiger partial charge in [0.15, 0.2) is 0 Å². The van der Waals surface area contributed by atoms with Gasteiger partial charge in [-0.3, -0.25) is 0 Å². The van der Waals surface area contributed by atoms with Gasteiger partial charge in [-0.15, -0.1) is 0 Å². The van der Waals surface area contributed by atoms with Crippen molar-refractivity contribution < 1.29 is 18.6 Å². The largest absolute Gasteiger partial charge is 0.389 e. The minimum atomic E-state index is -3.77. The standard InChI is InChI=1S/C10H12N2O4S/c11-6-5-9(13)10(14)7-1-3-8(4-2-7)17(12,15)16/h1-4,9-10,13-14H,5H2,(H2,12,15,16). The second kappa shape index (κ2) is 5.25. The fourth-order valence-electron chi connectivity index (χ4n) is 1.28. The Morgan fingerprint density at radius 3 is 2.24 bits per heavy atom. The first-order valence-corrected chi connectivity index (χ1v) is 6.26. The molecule has 4 N–H and O–H groups in total. The zero-order chi connectivity index (χ0) is 13.1. The number of rotatable bonds is 4. The Kier molecular flexibility index (Phi) is 4.20. The van der Waals surface area contributed by atoms with Crippen molar-refractivity contribution in [2.24, 2.45) is 5.14 Å². The maximum absolute atomic E-state index is 11.0. The zero-order valence-corrected chi connectivity index (χ0v) is 9.63. The second-order valence-corrected chi connectivity index (χ2v) is 5.05. The first kappa shape index (κ1) is 13.6. The molecule has 0 saturated heterocycles. The molecule has 1 aromatic rings. The lowest BCUT2D eigenvalue weighted by atomic mass is 10.0. The summed E-state index contributed by atoms with van der Waals surface area (Å²) in [5.74, 6) is 0. The lowest BCUT2D eigenvalue weighted by molar-refractivity contribution is 0.0216. The molecule has 0 amide bonds. The molecule has 1 rings (SSSR count). The van der Waals surface area contributed by atoms with Crippen LogP contribution in [0.3, 0.4) is 0 Å². The van der Waals surface area contributed by atoms with E-state index >= 15 is 0 Å². The number of benzene rings is 1. The van der Waals surface area contributed by atoms with Crippen molar-refractivity contribution in [3.8, 4) is 6.07 Å². The van der Waals surface area contributed by atoms with E-state index in [0.29, 0.717) is 5.56 Å². The van der Waals surface area contributed by atoms with Crippen LogP contribution in [0.4, 0.5) is 0 Å². The molecule has 92 valence electrons. The highest BCUT2D eigenvalue weighted by atomic mass is 32.2. The first-order valence-electron chi connectivity index (χ1n) is 4.72. The third-order valence-corrected chi connectivity index (χ3v) is 3.14. The Morgan fingerprint density at radius 2 is 1.82 bits per heavy atom. The van der Waals surface area contributed by atoms with E-state index in [1.165, 1.54) is 24.3 Å². The van der Waals surface area contributed by atoms with Gasteiger partial charge in [0.2, 0.25) is 10.0 Å². The summed E-state index contributed by atoms with van der Waals surface area (Å²) in [4.78, 5) is -0.0803. The third-order valence-electron chi connectivity index (χ3n) is 2.22. The van der Waals surface area contributed by atoms with Crippen LogP contribution >= 0.6 is 0 Å². The van der Waals surface area contributed by atoms with Gasteiger partial charge in [0.25, 0.3) is 0 Å². The van der Waals surface area contributed by atoms with Crippen LogP contribution < -0.4 is 5.14 Å². The van der Waals surface area contributed by atoms with Crippen LogP contribution in [0.15, 0.2) is 29.2 Å². The number of nitriles is 1. The Balaban J connectivity index is 2.92. The SMILES string of the molecule is N#CCC(O)C(O)c1ccc(S(N)(=O)=O)cc1. The van der Waals surface area contributed by atoms with Crippen molar-refractivity contribution in [3.05, 3.63) is 29.8 Å². The van der Waals surface area contributed by atoms with Crippen molar-refractivity contribution in [3.63, 3.8) is 0 Å². The van der Waals surface area contributed by atoms with Gasteiger partial charge in [0.1, 0.15) is 6.10 Å². The van der Waals surface area contributed by atoms with Crippen molar-refractivity contribution in [1.29, 1.82) is 5.26 Å². The Bertz CT molecular complexity index is 518. The molecule has 2 unspecified atom stereocenters. The predicted octanol–water partition coefficient (Wildman–Crippen LogP) is -0.358. The number of nitrogens with zero attached hydrogens (tertiary/aromatic N) is 1. The molecular weight excluding hydrogens is 244 g/mol. The highest BCUT2D eigenvalue weighted by Crippen LogP contribution is 2.20. The Hall–Kier alpha value is -1.46. The normalized spacial score (nSPS) is 14.9. The lowest BCUT2D eigenvalue weighted by Gasteiger charge is -2.15. The van der Waals surface area contributed by atoms with Crippen molar-refractivity contribution in [2.75, 3.05) is 0 Å². The summed E-state index contributed by atoms with van der Waals surface area (Å²) in [5.41, 5.74) is 0.320. The van der Waals surface area contributed by atoms with Gasteiger partial charge in [0, 0.05) is 0 Å². The summed E-state index contributed by atoms with van der Waals surface area (Å²) in [6, 6.07) is 6.86. The molecule has 2 atom stereocenters. The van der Waals surface area contributed by atoms with Gasteiger partial charge < -0.3 is 10.2 Å². The predicted molar refractivity (Wildman–Crippen MR) is 59.0 cm³/mol. The fraction of sp³-hybridized carbons (Fsp3) is 0.300. The summed E-state index contributed by atoms with van der Waals surface area (Å²) in [6.45, 7) is 0. The van der Waals surface area contributed by atoms with E-state index < -0.39 is 22.2 Å². The van der Waals surface area contributed by atoms with Crippen molar-refractivity contribution in [1.82, 2.24) is 0 Å². The molecule has 0 radical (unpaired) electrons. The monoisotopic (exact) mass is 256 g/mol. The van der Waals surface area contributed by atoms with Crippen LogP contribution in [0.25, 0.3) is 0 Å². The molecule has 0 aliphatic rings. The van der Waals surface area contributed by atoms with Crippen molar-refractivity contribution in [2.45, 2.75) is 23.5 Å². The average Bonchev–Trinajstić information content (AvgIpc) is 2.27. The number of primary sulfonamides is 1. The number of sulfonamides is 1. The molecule has 0 aliphatic carbocycles. The smallest absolute Gasteiger partial charge is 0.238 e. The molecule has 17 heavy (non-hydrogen) atoms. The van der Waals surface area contributed by atoms with E-state index in [4.69, 9.17) is 10.4 Å². The average molecular weight is 256 g/mol. The molecule has 7 heteroatoms. The molecule has 0 fully saturated rings. The van der Waals surface area contributed by atoms with Gasteiger partial charge in [-0.05, 0) is 17.7 Å². The van der Waals surface area contributed by atoms with Gasteiger partial charge in [-0.1, -0.05) is 12.1 Å². The number of hydrogen-bond donors (Lipinski definition) is 3. The number of aliphatic hydroxyl groups excluding tert-OH is 2. The molecule has 0 heterocycles. The Morgan fingerprint density at radius 1 is 1.29 bits per heavy atom. The summed E-state index contributed by atoms with van der Waals surface area (Å²) >= 11 is 0. The summed E-state index contributed by atoms with van der Waals surface area (Å²) in [5, 5.41) is 32.3. The summed E-state index contributed by atoms with van der Waals surface area (Å²) < 4.78 is 21.9. The van der Waals surface area contributed by atoms with Crippen LogP contribution in [0, 0.1) is 11.3 Å². The van der Waals surface area contributed by atoms with Gasteiger partial charge in [-0.2, -0.15) is 5.26 Å². The zero-order valence-electron chi connectivity index (χ0n) is 8.81. The van der Waals surface area contributed by atoms with Gasteiger partial charge in [0.05, 0.1) is 23.5 Å². The van der Waals surface area contributed by atoms with Crippen LogP contribution in [0.2, 0.25) is 0 Å². The topological polar surface area (TPSA) is 124 Å². The van der Waals surface area contributed by atoms with Crippen LogP contribution in [0.5, 0.6) is 0 Å². The highest BCUT2D eigenvalue weighted by molar-refractivity contribution is 7.89. The van der Waals surface area contributed by atoms with E-state index in [2.05, 4.69) is 0 Å². The van der Waals surface area contributed by atoms with E-state index in [1.807, 2.05) is 0 Å². The fourth-order valence-corrected chi connectivity index (χ4v) is 1.80. The quantitative estimate of drug-likeness (QED) is 0.678. The number of nitrogens with two attached hydrogens (primary N) is 1. The maximum Gasteiger partial charge on any atom is 0.238 e. The molecule has 0 aromatic heterocycles. The van der Waals surface area contributed by atoms with E-state index in [1.54, 1.807) is 6.07 Å². The summed E-state index contributed by atoms with van der Waals surface area (Å²) in [7, 11) is -3.77. The Labute approximate surface area is 99.0 Å². The number of hydrogen-bond acceptors (Lipinski definition) is 5. The van der Waals surface area contributed by atoms with E-state index in [9.17, 15) is 18.6 Å². The van der Waals surface area contributed by atoms with Gasteiger partial charge >= 0.3 is 0 Å². The molecule has 0 aliphatic heterocycles.